The van der Waals surface area contributed by atoms with E-state index in [4.69, 9.17) is 4.74 Å². The molecule has 1 saturated heterocycles. The Morgan fingerprint density at radius 2 is 1.97 bits per heavy atom. The van der Waals surface area contributed by atoms with Crippen molar-refractivity contribution < 1.29 is 9.53 Å². The predicted molar refractivity (Wildman–Crippen MR) is 144 cm³/mol. The Morgan fingerprint density at radius 3 is 2.84 bits per heavy atom. The van der Waals surface area contributed by atoms with E-state index in [0.717, 1.165) is 76.9 Å². The van der Waals surface area contributed by atoms with Crippen molar-refractivity contribution in [3.63, 3.8) is 0 Å². The van der Waals surface area contributed by atoms with Gasteiger partial charge in [-0.25, -0.2) is 4.98 Å². The maximum absolute atomic E-state index is 12.8. The Morgan fingerprint density at radius 1 is 1.05 bits per heavy atom. The second-order valence-corrected chi connectivity index (χ2v) is 9.43. The Balaban J connectivity index is 1.23. The fraction of sp³-hybridized carbons (Fsp3) is 0.241. The number of amides is 1. The highest BCUT2D eigenvalue weighted by atomic mass is 16.5. The van der Waals surface area contributed by atoms with Gasteiger partial charge in [-0.2, -0.15) is 0 Å². The molecule has 6 rings (SSSR count). The molecule has 1 aromatic carbocycles. The molecule has 3 N–H and O–H groups in total. The minimum absolute atomic E-state index is 0.173. The van der Waals surface area contributed by atoms with Crippen molar-refractivity contribution in [1.29, 1.82) is 0 Å². The van der Waals surface area contributed by atoms with Crippen molar-refractivity contribution >= 4 is 33.5 Å². The summed E-state index contributed by atoms with van der Waals surface area (Å²) in [5, 5.41) is 8.45. The number of anilines is 1. The van der Waals surface area contributed by atoms with Gasteiger partial charge in [-0.1, -0.05) is 12.1 Å². The van der Waals surface area contributed by atoms with Gasteiger partial charge < -0.3 is 20.4 Å². The molecule has 0 atom stereocenters. The molecule has 0 radical (unpaired) electrons. The first-order valence-corrected chi connectivity index (χ1v) is 12.6. The van der Waals surface area contributed by atoms with Gasteiger partial charge in [-0.05, 0) is 60.2 Å². The average Bonchev–Trinajstić information content (AvgIpc) is 3.39. The smallest absolute Gasteiger partial charge is 0.253 e. The number of aromatic nitrogens is 4. The maximum atomic E-state index is 12.8. The van der Waals surface area contributed by atoms with Crippen LogP contribution in [-0.4, -0.2) is 45.6 Å². The molecule has 4 aromatic heterocycles. The zero-order chi connectivity index (χ0) is 25.0. The minimum Gasteiger partial charge on any atom is -0.384 e. The summed E-state index contributed by atoms with van der Waals surface area (Å²) in [4.78, 5) is 29.3. The third kappa shape index (κ3) is 5.15. The summed E-state index contributed by atoms with van der Waals surface area (Å²) in [5.41, 5.74) is 6.18. The fourth-order valence-corrected chi connectivity index (χ4v) is 4.76. The lowest BCUT2D eigenvalue weighted by Crippen LogP contribution is -2.22. The van der Waals surface area contributed by atoms with Gasteiger partial charge in [0.15, 0.2) is 0 Å². The Hall–Kier alpha value is -4.30. The lowest BCUT2D eigenvalue weighted by Gasteiger charge is -2.22. The van der Waals surface area contributed by atoms with Crippen LogP contribution in [-0.2, 0) is 11.3 Å². The Labute approximate surface area is 214 Å². The van der Waals surface area contributed by atoms with Gasteiger partial charge >= 0.3 is 0 Å². The van der Waals surface area contributed by atoms with E-state index in [2.05, 4.69) is 48.8 Å². The Bertz CT molecular complexity index is 1540. The highest BCUT2D eigenvalue weighted by Gasteiger charge is 2.15. The van der Waals surface area contributed by atoms with E-state index in [1.54, 1.807) is 18.6 Å². The molecule has 0 bridgehead atoms. The molecule has 0 aliphatic carbocycles. The molecule has 1 amide bonds. The maximum Gasteiger partial charge on any atom is 0.253 e. The van der Waals surface area contributed by atoms with E-state index in [1.165, 1.54) is 0 Å². The van der Waals surface area contributed by atoms with Crippen LogP contribution in [0.4, 0.5) is 5.69 Å². The molecule has 37 heavy (non-hydrogen) atoms. The molecule has 1 aliphatic rings. The van der Waals surface area contributed by atoms with E-state index in [1.807, 2.05) is 36.7 Å². The normalized spacial score (nSPS) is 14.2. The van der Waals surface area contributed by atoms with Crippen LogP contribution in [0.2, 0.25) is 0 Å². The topological polar surface area (TPSA) is 105 Å². The number of aromatic amines is 1. The number of benzene rings is 1. The molecule has 5 aromatic rings. The van der Waals surface area contributed by atoms with Crippen LogP contribution in [0.3, 0.4) is 0 Å². The summed E-state index contributed by atoms with van der Waals surface area (Å²) < 4.78 is 5.47. The lowest BCUT2D eigenvalue weighted by atomic mass is 10.0. The van der Waals surface area contributed by atoms with Crippen LogP contribution in [0.5, 0.6) is 0 Å². The SMILES string of the molecule is O=C(NCc1cccnc1)c1cnc2[nH]cc(-c3ccc4ncc(NCC5CCOCC5)cc4c3)c2c1. The summed E-state index contributed by atoms with van der Waals surface area (Å²) >= 11 is 0. The first-order valence-electron chi connectivity index (χ1n) is 12.6. The highest BCUT2D eigenvalue weighted by molar-refractivity contribution is 6.02. The van der Waals surface area contributed by atoms with Crippen molar-refractivity contribution in [3.8, 4) is 11.1 Å². The summed E-state index contributed by atoms with van der Waals surface area (Å²) in [6.07, 6.45) is 11.1. The quantitative estimate of drug-likeness (QED) is 0.297. The summed E-state index contributed by atoms with van der Waals surface area (Å²) in [6, 6.07) is 14.0. The number of H-pyrrole nitrogens is 1. The largest absolute Gasteiger partial charge is 0.384 e. The van der Waals surface area contributed by atoms with Crippen molar-refractivity contribution in [2.75, 3.05) is 25.1 Å². The van der Waals surface area contributed by atoms with E-state index < -0.39 is 0 Å². The molecule has 1 fully saturated rings. The monoisotopic (exact) mass is 492 g/mol. The second-order valence-electron chi connectivity index (χ2n) is 9.43. The standard InChI is InChI=1S/C29H28N6O2/c36-29(35-15-20-2-1-7-30-13-20)23-12-25-26(18-34-28(25)33-16-23)21-3-4-27-22(10-21)11-24(17-32-27)31-14-19-5-8-37-9-6-19/h1-4,7,10-13,16-19,31H,5-6,8-9,14-15H2,(H,33,34)(H,35,36). The van der Waals surface area contributed by atoms with Crippen LogP contribution >= 0.6 is 0 Å². The predicted octanol–water partition coefficient (Wildman–Crippen LogP) is 4.94. The minimum atomic E-state index is -0.173. The molecule has 0 unspecified atom stereocenters. The summed E-state index contributed by atoms with van der Waals surface area (Å²) in [6.45, 7) is 3.03. The van der Waals surface area contributed by atoms with E-state index in [0.29, 0.717) is 18.0 Å². The molecular weight excluding hydrogens is 464 g/mol. The molecule has 0 saturated carbocycles. The molecule has 186 valence electrons. The van der Waals surface area contributed by atoms with E-state index in [9.17, 15) is 4.79 Å². The van der Waals surface area contributed by atoms with Crippen molar-refractivity contribution in [1.82, 2.24) is 25.3 Å². The zero-order valence-corrected chi connectivity index (χ0v) is 20.4. The first-order chi connectivity index (χ1) is 18.2. The molecular formula is C29H28N6O2. The lowest BCUT2D eigenvalue weighted by molar-refractivity contribution is 0.0699. The Kier molecular flexibility index (Phi) is 6.47. The van der Waals surface area contributed by atoms with E-state index in [-0.39, 0.29) is 5.91 Å². The number of nitrogens with one attached hydrogen (secondary N) is 3. The van der Waals surface area contributed by atoms with Crippen LogP contribution in [0.15, 0.2) is 73.4 Å². The van der Waals surface area contributed by atoms with Gasteiger partial charge in [0.25, 0.3) is 5.91 Å². The summed E-state index contributed by atoms with van der Waals surface area (Å²) in [5.74, 6) is 0.457. The van der Waals surface area contributed by atoms with E-state index >= 15 is 0 Å². The molecule has 1 aliphatic heterocycles. The number of nitrogens with zero attached hydrogens (tertiary/aromatic N) is 3. The summed E-state index contributed by atoms with van der Waals surface area (Å²) in [7, 11) is 0. The third-order valence-corrected chi connectivity index (χ3v) is 6.90. The van der Waals surface area contributed by atoms with Gasteiger partial charge in [-0.3, -0.25) is 14.8 Å². The number of hydrogen-bond acceptors (Lipinski definition) is 6. The zero-order valence-electron chi connectivity index (χ0n) is 20.4. The molecule has 5 heterocycles. The molecule has 8 heteroatoms. The van der Waals surface area contributed by atoms with Crippen LogP contribution in [0.1, 0.15) is 28.8 Å². The average molecular weight is 493 g/mol. The highest BCUT2D eigenvalue weighted by Crippen LogP contribution is 2.31. The van der Waals surface area contributed by atoms with Gasteiger partial charge in [-0.15, -0.1) is 0 Å². The van der Waals surface area contributed by atoms with Crippen molar-refractivity contribution in [3.05, 3.63) is 84.6 Å². The van der Waals surface area contributed by atoms with Crippen LogP contribution in [0, 0.1) is 5.92 Å². The third-order valence-electron chi connectivity index (χ3n) is 6.90. The number of carbonyl (C=O) groups is 1. The van der Waals surface area contributed by atoms with Gasteiger partial charge in [0, 0.05) is 67.4 Å². The van der Waals surface area contributed by atoms with Crippen molar-refractivity contribution in [2.45, 2.75) is 19.4 Å². The van der Waals surface area contributed by atoms with Crippen LogP contribution in [0.25, 0.3) is 33.1 Å². The number of rotatable bonds is 7. The number of carbonyl (C=O) groups excluding carboxylic acids is 1. The molecule has 0 spiro atoms. The van der Waals surface area contributed by atoms with Gasteiger partial charge in [0.2, 0.25) is 0 Å². The van der Waals surface area contributed by atoms with Gasteiger partial charge in [0.05, 0.1) is 23.0 Å². The molecule has 8 nitrogen and oxygen atoms in total. The number of pyridine rings is 3. The number of fused-ring (bicyclic) bond motifs is 2. The first kappa shape index (κ1) is 23.1. The van der Waals surface area contributed by atoms with Gasteiger partial charge in [0.1, 0.15) is 5.65 Å². The number of ether oxygens (including phenoxy) is 1. The van der Waals surface area contributed by atoms with Crippen LogP contribution < -0.4 is 10.6 Å². The second kappa shape index (κ2) is 10.4. The number of hydrogen-bond donors (Lipinski definition) is 3. The van der Waals surface area contributed by atoms with Crippen molar-refractivity contribution in [2.24, 2.45) is 5.92 Å². The fourth-order valence-electron chi connectivity index (χ4n) is 4.76.